The summed E-state index contributed by atoms with van der Waals surface area (Å²) in [6, 6.07) is 15.6. The van der Waals surface area contributed by atoms with Crippen LogP contribution in [0.25, 0.3) is 11.0 Å². The molecule has 2 aromatic carbocycles. The van der Waals surface area contributed by atoms with E-state index in [4.69, 9.17) is 28.6 Å². The maximum absolute atomic E-state index is 6.06. The van der Waals surface area contributed by atoms with Gasteiger partial charge in [0, 0.05) is 11.6 Å². The monoisotopic (exact) mass is 318 g/mol. The largest absolute Gasteiger partial charge is 0.494 e. The van der Waals surface area contributed by atoms with Crippen LogP contribution in [0.2, 0.25) is 5.02 Å². The Labute approximate surface area is 133 Å². The lowest BCUT2D eigenvalue weighted by Crippen LogP contribution is -2.04. The number of fused-ring (bicyclic) bond motifs is 1. The summed E-state index contributed by atoms with van der Waals surface area (Å²) in [5, 5.41) is 0.714. The minimum Gasteiger partial charge on any atom is -0.494 e. The smallest absolute Gasteiger partial charge is 0.178 e. The molecule has 21 heavy (non-hydrogen) atoms. The van der Waals surface area contributed by atoms with E-state index in [0.29, 0.717) is 16.4 Å². The first kappa shape index (κ1) is 14.2. The number of benzene rings is 2. The highest BCUT2D eigenvalue weighted by molar-refractivity contribution is 7.71. The maximum Gasteiger partial charge on any atom is 0.178 e. The van der Waals surface area contributed by atoms with Crippen LogP contribution in [-0.2, 0) is 6.54 Å². The lowest BCUT2D eigenvalue weighted by Gasteiger charge is -2.07. The average molecular weight is 319 g/mol. The SMILES string of the molecule is S=c1[nH]c2ccc(Cl)cc2n1CCCOc1ccccc1. The summed E-state index contributed by atoms with van der Waals surface area (Å²) in [5.74, 6) is 0.892. The van der Waals surface area contributed by atoms with Crippen LogP contribution in [0.1, 0.15) is 6.42 Å². The summed E-state index contributed by atoms with van der Waals surface area (Å²) in [7, 11) is 0. The number of rotatable bonds is 5. The summed E-state index contributed by atoms with van der Waals surface area (Å²) in [6.45, 7) is 1.45. The van der Waals surface area contributed by atoms with Gasteiger partial charge in [0.1, 0.15) is 5.75 Å². The van der Waals surface area contributed by atoms with Crippen LogP contribution in [0.3, 0.4) is 0 Å². The van der Waals surface area contributed by atoms with Crippen LogP contribution < -0.4 is 4.74 Å². The van der Waals surface area contributed by atoms with Crippen LogP contribution in [0, 0.1) is 4.77 Å². The summed E-state index contributed by atoms with van der Waals surface area (Å²) in [6.07, 6.45) is 0.878. The molecule has 108 valence electrons. The van der Waals surface area contributed by atoms with E-state index in [9.17, 15) is 0 Å². The van der Waals surface area contributed by atoms with Crippen molar-refractivity contribution in [2.45, 2.75) is 13.0 Å². The van der Waals surface area contributed by atoms with Gasteiger partial charge in [-0.25, -0.2) is 0 Å². The molecule has 1 heterocycles. The molecular formula is C16H15ClN2OS. The highest BCUT2D eigenvalue weighted by atomic mass is 35.5. The van der Waals surface area contributed by atoms with Gasteiger partial charge in [-0.3, -0.25) is 0 Å². The fourth-order valence-electron chi connectivity index (χ4n) is 2.28. The zero-order valence-electron chi connectivity index (χ0n) is 11.4. The van der Waals surface area contributed by atoms with E-state index in [2.05, 4.69) is 9.55 Å². The third-order valence-corrected chi connectivity index (χ3v) is 3.83. The van der Waals surface area contributed by atoms with Crippen molar-refractivity contribution in [2.24, 2.45) is 0 Å². The van der Waals surface area contributed by atoms with Crippen molar-refractivity contribution in [3.8, 4) is 5.75 Å². The fraction of sp³-hybridized carbons (Fsp3) is 0.188. The van der Waals surface area contributed by atoms with E-state index in [1.807, 2.05) is 48.5 Å². The van der Waals surface area contributed by atoms with Gasteiger partial charge in [0.15, 0.2) is 4.77 Å². The maximum atomic E-state index is 6.06. The second kappa shape index (κ2) is 6.33. The molecule has 0 aliphatic heterocycles. The number of H-pyrrole nitrogens is 1. The molecule has 0 aliphatic carbocycles. The van der Waals surface area contributed by atoms with Gasteiger partial charge in [0.2, 0.25) is 0 Å². The molecule has 3 aromatic rings. The topological polar surface area (TPSA) is 29.9 Å². The Morgan fingerprint density at radius 1 is 1.14 bits per heavy atom. The van der Waals surface area contributed by atoms with Gasteiger partial charge in [-0.15, -0.1) is 0 Å². The van der Waals surface area contributed by atoms with Gasteiger partial charge in [-0.05, 0) is 49.0 Å². The van der Waals surface area contributed by atoms with E-state index in [1.165, 1.54) is 0 Å². The molecule has 1 N–H and O–H groups in total. The fourth-order valence-corrected chi connectivity index (χ4v) is 2.74. The lowest BCUT2D eigenvalue weighted by atomic mass is 10.3. The van der Waals surface area contributed by atoms with Crippen molar-refractivity contribution >= 4 is 34.9 Å². The Bertz CT molecular complexity index is 795. The Hall–Kier alpha value is -1.78. The first-order valence-electron chi connectivity index (χ1n) is 6.80. The number of halogens is 1. The van der Waals surface area contributed by atoms with Crippen LogP contribution in [0.5, 0.6) is 5.75 Å². The average Bonchev–Trinajstić information content (AvgIpc) is 2.80. The predicted molar refractivity (Wildman–Crippen MR) is 88.7 cm³/mol. The van der Waals surface area contributed by atoms with Gasteiger partial charge in [-0.1, -0.05) is 29.8 Å². The van der Waals surface area contributed by atoms with E-state index in [0.717, 1.165) is 29.7 Å². The molecule has 0 atom stereocenters. The highest BCUT2D eigenvalue weighted by Gasteiger charge is 2.05. The Balaban J connectivity index is 1.67. The second-order valence-electron chi connectivity index (χ2n) is 4.76. The number of aryl methyl sites for hydroxylation is 1. The number of hydrogen-bond acceptors (Lipinski definition) is 2. The third kappa shape index (κ3) is 3.28. The molecule has 3 nitrogen and oxygen atoms in total. The molecule has 1 aromatic heterocycles. The molecule has 0 saturated carbocycles. The standard InChI is InChI=1S/C16H15ClN2OS/c17-12-7-8-14-15(11-12)19(16(21)18-14)9-4-10-20-13-5-2-1-3-6-13/h1-3,5-8,11H,4,9-10H2,(H,18,21). The van der Waals surface area contributed by atoms with Crippen LogP contribution >= 0.6 is 23.8 Å². The number of nitrogens with one attached hydrogen (secondary N) is 1. The van der Waals surface area contributed by atoms with Crippen molar-refractivity contribution in [1.82, 2.24) is 9.55 Å². The third-order valence-electron chi connectivity index (χ3n) is 3.28. The van der Waals surface area contributed by atoms with E-state index >= 15 is 0 Å². The quantitative estimate of drug-likeness (QED) is 0.540. The van der Waals surface area contributed by atoms with Crippen LogP contribution in [-0.4, -0.2) is 16.2 Å². The predicted octanol–water partition coefficient (Wildman–Crippen LogP) is 4.82. The van der Waals surface area contributed by atoms with Crippen molar-refractivity contribution in [1.29, 1.82) is 0 Å². The zero-order valence-corrected chi connectivity index (χ0v) is 13.0. The van der Waals surface area contributed by atoms with Crippen LogP contribution in [0.15, 0.2) is 48.5 Å². The van der Waals surface area contributed by atoms with Crippen molar-refractivity contribution in [3.63, 3.8) is 0 Å². The Kier molecular flexibility index (Phi) is 4.27. The van der Waals surface area contributed by atoms with Gasteiger partial charge in [0.05, 0.1) is 17.6 Å². The first-order valence-corrected chi connectivity index (χ1v) is 7.58. The van der Waals surface area contributed by atoms with Gasteiger partial charge < -0.3 is 14.3 Å². The molecule has 0 saturated heterocycles. The van der Waals surface area contributed by atoms with E-state index < -0.39 is 0 Å². The number of para-hydroxylation sites is 1. The Morgan fingerprint density at radius 3 is 2.76 bits per heavy atom. The van der Waals surface area contributed by atoms with Gasteiger partial charge >= 0.3 is 0 Å². The molecule has 0 amide bonds. The first-order chi connectivity index (χ1) is 10.2. The van der Waals surface area contributed by atoms with Crippen LogP contribution in [0.4, 0.5) is 0 Å². The number of ether oxygens (including phenoxy) is 1. The molecule has 0 radical (unpaired) electrons. The number of aromatic nitrogens is 2. The highest BCUT2D eigenvalue weighted by Crippen LogP contribution is 2.19. The minimum absolute atomic E-state index is 0.652. The normalized spacial score (nSPS) is 10.9. The molecule has 3 rings (SSSR count). The van der Waals surface area contributed by atoms with Gasteiger partial charge in [0.25, 0.3) is 0 Å². The van der Waals surface area contributed by atoms with Crippen molar-refractivity contribution < 1.29 is 4.74 Å². The van der Waals surface area contributed by atoms with E-state index in [1.54, 1.807) is 0 Å². The molecule has 5 heteroatoms. The second-order valence-corrected chi connectivity index (χ2v) is 5.58. The molecular weight excluding hydrogens is 304 g/mol. The summed E-state index contributed by atoms with van der Waals surface area (Å²) < 4.78 is 8.47. The number of nitrogens with zero attached hydrogens (tertiary/aromatic N) is 1. The Morgan fingerprint density at radius 2 is 1.95 bits per heavy atom. The molecule has 0 fully saturated rings. The molecule has 0 unspecified atom stereocenters. The zero-order chi connectivity index (χ0) is 14.7. The van der Waals surface area contributed by atoms with Gasteiger partial charge in [-0.2, -0.15) is 0 Å². The van der Waals surface area contributed by atoms with E-state index in [-0.39, 0.29) is 0 Å². The number of hydrogen-bond donors (Lipinski definition) is 1. The number of imidazole rings is 1. The lowest BCUT2D eigenvalue weighted by molar-refractivity contribution is 0.302. The molecule has 0 bridgehead atoms. The number of aromatic amines is 1. The summed E-state index contributed by atoms with van der Waals surface area (Å²) in [4.78, 5) is 3.19. The molecule has 0 spiro atoms. The molecule has 0 aliphatic rings. The minimum atomic E-state index is 0.652. The van der Waals surface area contributed by atoms with Crippen molar-refractivity contribution in [2.75, 3.05) is 6.61 Å². The summed E-state index contributed by atoms with van der Waals surface area (Å²) in [5.41, 5.74) is 2.04. The summed E-state index contributed by atoms with van der Waals surface area (Å²) >= 11 is 11.4. The van der Waals surface area contributed by atoms with Crippen molar-refractivity contribution in [3.05, 3.63) is 58.3 Å².